The molecule has 0 N–H and O–H groups in total. The molecule has 49 heavy (non-hydrogen) atoms. The fraction of sp³-hybridized carbons (Fsp3) is 0. The highest BCUT2D eigenvalue weighted by Crippen LogP contribution is 2.44. The molecule has 0 aliphatic carbocycles. The molecule has 0 radical (unpaired) electrons. The monoisotopic (exact) mass is 623 g/mol. The molecule has 0 amide bonds. The zero-order valence-corrected chi connectivity index (χ0v) is 27.0. The van der Waals surface area contributed by atoms with Gasteiger partial charge in [0.05, 0.1) is 5.69 Å². The SMILES string of the molecule is c1ccc(-c2cc3ccccc3cc2N(c2ccc(-c3ccc4ccccc4c3)cc2)c2ccc(-c3ccc4ccccc4c3)cc2)cc1. The summed E-state index contributed by atoms with van der Waals surface area (Å²) in [4.78, 5) is 2.41. The topological polar surface area (TPSA) is 3.24 Å². The van der Waals surface area contributed by atoms with Crippen molar-refractivity contribution in [1.82, 2.24) is 0 Å². The molecule has 1 nitrogen and oxygen atoms in total. The molecule has 230 valence electrons. The van der Waals surface area contributed by atoms with Crippen molar-refractivity contribution in [2.24, 2.45) is 0 Å². The quantitative estimate of drug-likeness (QED) is 0.178. The summed E-state index contributed by atoms with van der Waals surface area (Å²) >= 11 is 0. The smallest absolute Gasteiger partial charge is 0.0546 e. The normalized spacial score (nSPS) is 11.3. The van der Waals surface area contributed by atoms with Gasteiger partial charge in [-0.15, -0.1) is 0 Å². The second-order valence-electron chi connectivity index (χ2n) is 12.6. The zero-order valence-electron chi connectivity index (χ0n) is 27.0. The zero-order chi connectivity index (χ0) is 32.6. The van der Waals surface area contributed by atoms with Gasteiger partial charge in [-0.25, -0.2) is 0 Å². The minimum absolute atomic E-state index is 1.11. The van der Waals surface area contributed by atoms with Crippen LogP contribution in [-0.2, 0) is 0 Å². The lowest BCUT2D eigenvalue weighted by molar-refractivity contribution is 1.29. The van der Waals surface area contributed by atoms with Crippen LogP contribution in [0, 0.1) is 0 Å². The lowest BCUT2D eigenvalue weighted by Crippen LogP contribution is -2.11. The molecule has 0 spiro atoms. The molecule has 9 aromatic carbocycles. The van der Waals surface area contributed by atoms with Crippen LogP contribution in [-0.4, -0.2) is 0 Å². The Labute approximate surface area is 287 Å². The minimum atomic E-state index is 1.11. The van der Waals surface area contributed by atoms with Crippen molar-refractivity contribution in [3.8, 4) is 33.4 Å². The van der Waals surface area contributed by atoms with Crippen LogP contribution in [0.3, 0.4) is 0 Å². The van der Waals surface area contributed by atoms with Crippen molar-refractivity contribution in [3.05, 3.63) is 200 Å². The van der Waals surface area contributed by atoms with Crippen molar-refractivity contribution in [3.63, 3.8) is 0 Å². The summed E-state index contributed by atoms with van der Waals surface area (Å²) in [5, 5.41) is 7.45. The van der Waals surface area contributed by atoms with Crippen LogP contribution in [0.5, 0.6) is 0 Å². The third kappa shape index (κ3) is 5.52. The number of hydrogen-bond donors (Lipinski definition) is 0. The molecule has 9 rings (SSSR count). The maximum Gasteiger partial charge on any atom is 0.0546 e. The Morgan fingerprint density at radius 1 is 0.245 bits per heavy atom. The second-order valence-corrected chi connectivity index (χ2v) is 12.6. The molecular formula is C48H33N. The minimum Gasteiger partial charge on any atom is -0.310 e. The van der Waals surface area contributed by atoms with Crippen LogP contribution in [0.2, 0.25) is 0 Å². The summed E-state index contributed by atoms with van der Waals surface area (Å²) in [6.07, 6.45) is 0. The Morgan fingerprint density at radius 2 is 0.633 bits per heavy atom. The summed E-state index contributed by atoms with van der Waals surface area (Å²) in [5.74, 6) is 0. The van der Waals surface area contributed by atoms with E-state index in [1.807, 2.05) is 0 Å². The van der Waals surface area contributed by atoms with Gasteiger partial charge >= 0.3 is 0 Å². The summed E-state index contributed by atoms with van der Waals surface area (Å²) in [5.41, 5.74) is 10.6. The van der Waals surface area contributed by atoms with E-state index in [0.29, 0.717) is 0 Å². The predicted molar refractivity (Wildman–Crippen MR) is 210 cm³/mol. The maximum absolute atomic E-state index is 2.41. The van der Waals surface area contributed by atoms with Crippen LogP contribution >= 0.6 is 0 Å². The standard InChI is InChI=1S/C48H33N/c1-2-12-38(13-3-1)47-32-41-16-8-9-17-42(41)33-48(47)49(45-26-22-36(23-27-45)43-20-18-34-10-4-6-14-39(34)30-43)46-28-24-37(25-29-46)44-21-19-35-11-5-7-15-40(35)31-44/h1-33H. The molecule has 0 saturated heterocycles. The molecule has 0 unspecified atom stereocenters. The molecule has 1 heteroatoms. The molecule has 0 bridgehead atoms. The fourth-order valence-electron chi connectivity index (χ4n) is 7.03. The van der Waals surface area contributed by atoms with Gasteiger partial charge in [-0.3, -0.25) is 0 Å². The highest BCUT2D eigenvalue weighted by molar-refractivity contribution is 5.99. The van der Waals surface area contributed by atoms with Gasteiger partial charge in [-0.05, 0) is 109 Å². The third-order valence-corrected chi connectivity index (χ3v) is 9.61. The van der Waals surface area contributed by atoms with Gasteiger partial charge in [-0.1, -0.05) is 152 Å². The summed E-state index contributed by atoms with van der Waals surface area (Å²) in [6.45, 7) is 0. The molecule has 0 heterocycles. The van der Waals surface area contributed by atoms with E-state index in [4.69, 9.17) is 0 Å². The Bertz CT molecular complexity index is 2460. The van der Waals surface area contributed by atoms with Crippen molar-refractivity contribution in [2.75, 3.05) is 4.90 Å². The Kier molecular flexibility index (Phi) is 7.22. The van der Waals surface area contributed by atoms with E-state index < -0.39 is 0 Å². The average Bonchev–Trinajstić information content (AvgIpc) is 3.18. The number of benzene rings is 9. The van der Waals surface area contributed by atoms with E-state index in [1.165, 1.54) is 65.7 Å². The van der Waals surface area contributed by atoms with Gasteiger partial charge in [-0.2, -0.15) is 0 Å². The van der Waals surface area contributed by atoms with Crippen LogP contribution in [0.15, 0.2) is 200 Å². The van der Waals surface area contributed by atoms with Gasteiger partial charge in [0.25, 0.3) is 0 Å². The Morgan fingerprint density at radius 3 is 1.12 bits per heavy atom. The number of nitrogens with zero attached hydrogens (tertiary/aromatic N) is 1. The molecule has 0 aliphatic rings. The van der Waals surface area contributed by atoms with Gasteiger partial charge < -0.3 is 4.90 Å². The first-order valence-electron chi connectivity index (χ1n) is 16.8. The van der Waals surface area contributed by atoms with E-state index in [2.05, 4.69) is 205 Å². The van der Waals surface area contributed by atoms with Crippen molar-refractivity contribution >= 4 is 49.4 Å². The third-order valence-electron chi connectivity index (χ3n) is 9.61. The number of fused-ring (bicyclic) bond motifs is 3. The van der Waals surface area contributed by atoms with E-state index in [-0.39, 0.29) is 0 Å². The summed E-state index contributed by atoms with van der Waals surface area (Å²) in [6, 6.07) is 72.6. The Balaban J connectivity index is 1.19. The molecule has 9 aromatic rings. The molecular weight excluding hydrogens is 591 g/mol. The highest BCUT2D eigenvalue weighted by Gasteiger charge is 2.19. The Hall–Kier alpha value is -6.44. The second kappa shape index (κ2) is 12.3. The van der Waals surface area contributed by atoms with Gasteiger partial charge in [0, 0.05) is 16.9 Å². The molecule has 0 aliphatic heterocycles. The van der Waals surface area contributed by atoms with Crippen molar-refractivity contribution < 1.29 is 0 Å². The van der Waals surface area contributed by atoms with Crippen molar-refractivity contribution in [2.45, 2.75) is 0 Å². The molecule has 0 aromatic heterocycles. The van der Waals surface area contributed by atoms with Gasteiger partial charge in [0.2, 0.25) is 0 Å². The van der Waals surface area contributed by atoms with Crippen molar-refractivity contribution in [1.29, 1.82) is 0 Å². The van der Waals surface area contributed by atoms with E-state index in [0.717, 1.165) is 17.1 Å². The first kappa shape index (κ1) is 28.8. The maximum atomic E-state index is 2.41. The van der Waals surface area contributed by atoms with Gasteiger partial charge in [0.1, 0.15) is 0 Å². The first-order valence-corrected chi connectivity index (χ1v) is 16.8. The fourth-order valence-corrected chi connectivity index (χ4v) is 7.03. The average molecular weight is 624 g/mol. The molecule has 0 fully saturated rings. The summed E-state index contributed by atoms with van der Waals surface area (Å²) < 4.78 is 0. The molecule has 0 saturated carbocycles. The van der Waals surface area contributed by atoms with Crippen LogP contribution < -0.4 is 4.90 Å². The lowest BCUT2D eigenvalue weighted by atomic mass is 9.96. The first-order chi connectivity index (χ1) is 24.3. The van der Waals surface area contributed by atoms with E-state index in [1.54, 1.807) is 0 Å². The van der Waals surface area contributed by atoms with E-state index in [9.17, 15) is 0 Å². The number of hydrogen-bond acceptors (Lipinski definition) is 1. The highest BCUT2D eigenvalue weighted by atomic mass is 15.1. The number of anilines is 3. The van der Waals surface area contributed by atoms with Crippen LogP contribution in [0.1, 0.15) is 0 Å². The van der Waals surface area contributed by atoms with E-state index >= 15 is 0 Å². The van der Waals surface area contributed by atoms with Gasteiger partial charge in [0.15, 0.2) is 0 Å². The molecule has 0 atom stereocenters. The largest absolute Gasteiger partial charge is 0.310 e. The lowest BCUT2D eigenvalue weighted by Gasteiger charge is -2.29. The van der Waals surface area contributed by atoms with Crippen LogP contribution in [0.25, 0.3) is 65.7 Å². The van der Waals surface area contributed by atoms with Crippen LogP contribution in [0.4, 0.5) is 17.1 Å². The predicted octanol–water partition coefficient (Wildman–Crippen LogP) is 13.6. The summed E-state index contributed by atoms with van der Waals surface area (Å²) in [7, 11) is 0. The number of rotatable bonds is 6.